The maximum absolute atomic E-state index is 9.01. The van der Waals surface area contributed by atoms with Crippen LogP contribution in [-0.4, -0.2) is 28.0 Å². The maximum Gasteiger partial charge on any atom is 0.128 e. The van der Waals surface area contributed by atoms with Gasteiger partial charge < -0.3 is 10.4 Å². The Labute approximate surface area is 125 Å². The van der Waals surface area contributed by atoms with Gasteiger partial charge in [-0.3, -0.25) is 0 Å². The number of nitrogens with one attached hydrogen (secondary N) is 1. The van der Waals surface area contributed by atoms with Crippen molar-refractivity contribution >= 4 is 5.82 Å². The van der Waals surface area contributed by atoms with Crippen LogP contribution >= 0.6 is 0 Å². The van der Waals surface area contributed by atoms with Gasteiger partial charge in [0, 0.05) is 18.7 Å². The van der Waals surface area contributed by atoms with Crippen LogP contribution in [0.3, 0.4) is 0 Å². The molecule has 2 heterocycles. The zero-order valence-corrected chi connectivity index (χ0v) is 12.8. The Balaban J connectivity index is 1.93. The molecule has 0 spiro atoms. The van der Waals surface area contributed by atoms with E-state index in [0.29, 0.717) is 6.04 Å². The zero-order valence-electron chi connectivity index (χ0n) is 12.8. The Morgan fingerprint density at radius 2 is 2.19 bits per heavy atom. The van der Waals surface area contributed by atoms with Crippen molar-refractivity contribution in [1.82, 2.24) is 9.78 Å². The van der Waals surface area contributed by atoms with Gasteiger partial charge in [0.2, 0.25) is 0 Å². The molecular weight excluding hydrogens is 262 g/mol. The lowest BCUT2D eigenvalue weighted by Gasteiger charge is -2.27. The first-order valence-corrected chi connectivity index (χ1v) is 7.69. The molecule has 0 amide bonds. The van der Waals surface area contributed by atoms with E-state index in [0.717, 1.165) is 31.6 Å². The van der Waals surface area contributed by atoms with Crippen LogP contribution in [0.2, 0.25) is 0 Å². The highest BCUT2D eigenvalue weighted by Crippen LogP contribution is 2.32. The normalized spacial score (nSPS) is 17.4. The number of hydrogen-bond acceptors (Lipinski definition) is 3. The predicted molar refractivity (Wildman–Crippen MR) is 84.8 cm³/mol. The summed E-state index contributed by atoms with van der Waals surface area (Å²) in [5.41, 5.74) is 5.20. The van der Waals surface area contributed by atoms with Gasteiger partial charge in [-0.1, -0.05) is 18.2 Å². The molecule has 0 fully saturated rings. The topological polar surface area (TPSA) is 50.1 Å². The van der Waals surface area contributed by atoms with Gasteiger partial charge >= 0.3 is 0 Å². The number of fused-ring (bicyclic) bond motifs is 1. The van der Waals surface area contributed by atoms with Crippen LogP contribution in [0, 0.1) is 13.8 Å². The summed E-state index contributed by atoms with van der Waals surface area (Å²) < 4.78 is 2.11. The second kappa shape index (κ2) is 5.90. The predicted octanol–water partition coefficient (Wildman–Crippen LogP) is 2.83. The molecule has 0 saturated carbocycles. The first-order valence-electron chi connectivity index (χ1n) is 7.69. The molecule has 4 nitrogen and oxygen atoms in total. The van der Waals surface area contributed by atoms with E-state index in [4.69, 9.17) is 5.11 Å². The van der Waals surface area contributed by atoms with E-state index in [1.165, 1.54) is 22.3 Å². The van der Waals surface area contributed by atoms with E-state index in [9.17, 15) is 0 Å². The monoisotopic (exact) mass is 285 g/mol. The molecule has 0 saturated heterocycles. The molecule has 0 aliphatic carbocycles. The van der Waals surface area contributed by atoms with Crippen molar-refractivity contribution in [2.24, 2.45) is 0 Å². The Hall–Kier alpha value is -1.81. The molecule has 1 atom stereocenters. The number of aliphatic hydroxyl groups is 1. The van der Waals surface area contributed by atoms with Gasteiger partial charge in [-0.2, -0.15) is 5.10 Å². The van der Waals surface area contributed by atoms with Crippen molar-refractivity contribution in [2.45, 2.75) is 39.2 Å². The van der Waals surface area contributed by atoms with Gasteiger partial charge in [-0.05, 0) is 49.8 Å². The van der Waals surface area contributed by atoms with Crippen molar-refractivity contribution in [1.29, 1.82) is 0 Å². The van der Waals surface area contributed by atoms with Gasteiger partial charge in [-0.25, -0.2) is 4.68 Å². The SMILES string of the molecule is Cc1ccc(C2CCNc3c(CCCO)cnn32)cc1C. The van der Waals surface area contributed by atoms with E-state index >= 15 is 0 Å². The van der Waals surface area contributed by atoms with Crippen molar-refractivity contribution in [3.63, 3.8) is 0 Å². The summed E-state index contributed by atoms with van der Waals surface area (Å²) in [6.45, 7) is 5.51. The maximum atomic E-state index is 9.01. The first kappa shape index (κ1) is 14.1. The fraction of sp³-hybridized carbons (Fsp3) is 0.471. The largest absolute Gasteiger partial charge is 0.396 e. The van der Waals surface area contributed by atoms with Gasteiger partial charge in [0.05, 0.1) is 12.2 Å². The number of anilines is 1. The minimum Gasteiger partial charge on any atom is -0.396 e. The van der Waals surface area contributed by atoms with Crippen LogP contribution in [-0.2, 0) is 6.42 Å². The molecule has 2 aromatic rings. The smallest absolute Gasteiger partial charge is 0.128 e. The Morgan fingerprint density at radius 1 is 1.33 bits per heavy atom. The molecule has 1 aromatic heterocycles. The zero-order chi connectivity index (χ0) is 14.8. The van der Waals surface area contributed by atoms with Crippen LogP contribution in [0.25, 0.3) is 0 Å². The molecule has 4 heteroatoms. The fourth-order valence-corrected chi connectivity index (χ4v) is 3.01. The third-order valence-electron chi connectivity index (χ3n) is 4.40. The van der Waals surface area contributed by atoms with Crippen molar-refractivity contribution in [3.8, 4) is 0 Å². The van der Waals surface area contributed by atoms with Crippen molar-refractivity contribution < 1.29 is 5.11 Å². The molecule has 1 unspecified atom stereocenters. The lowest BCUT2D eigenvalue weighted by Crippen LogP contribution is -2.25. The van der Waals surface area contributed by atoms with E-state index in [-0.39, 0.29) is 6.61 Å². The third kappa shape index (κ3) is 2.68. The number of aliphatic hydroxyl groups excluding tert-OH is 1. The van der Waals surface area contributed by atoms with Gasteiger partial charge in [0.1, 0.15) is 5.82 Å². The molecule has 0 bridgehead atoms. The van der Waals surface area contributed by atoms with Crippen LogP contribution in [0.1, 0.15) is 41.1 Å². The Morgan fingerprint density at radius 3 is 2.95 bits per heavy atom. The number of benzene rings is 1. The summed E-state index contributed by atoms with van der Waals surface area (Å²) in [5, 5.41) is 17.1. The second-order valence-electron chi connectivity index (χ2n) is 5.87. The summed E-state index contributed by atoms with van der Waals surface area (Å²) in [7, 11) is 0. The Kier molecular flexibility index (Phi) is 3.97. The Bertz CT molecular complexity index is 633. The van der Waals surface area contributed by atoms with E-state index in [1.54, 1.807) is 0 Å². The molecule has 1 aliphatic heterocycles. The number of nitrogens with zero attached hydrogens (tertiary/aromatic N) is 2. The number of hydrogen-bond donors (Lipinski definition) is 2. The highest BCUT2D eigenvalue weighted by atomic mass is 16.2. The minimum atomic E-state index is 0.227. The highest BCUT2D eigenvalue weighted by molar-refractivity contribution is 5.47. The average molecular weight is 285 g/mol. The van der Waals surface area contributed by atoms with Gasteiger partial charge in [0.25, 0.3) is 0 Å². The average Bonchev–Trinajstić information content (AvgIpc) is 2.91. The van der Waals surface area contributed by atoms with Gasteiger partial charge in [-0.15, -0.1) is 0 Å². The number of aryl methyl sites for hydroxylation is 3. The van der Waals surface area contributed by atoms with E-state index in [2.05, 4.69) is 47.1 Å². The van der Waals surface area contributed by atoms with Crippen molar-refractivity contribution in [3.05, 3.63) is 46.6 Å². The van der Waals surface area contributed by atoms with Crippen LogP contribution in [0.15, 0.2) is 24.4 Å². The van der Waals surface area contributed by atoms with Crippen LogP contribution < -0.4 is 5.32 Å². The van der Waals surface area contributed by atoms with Crippen LogP contribution in [0.4, 0.5) is 5.82 Å². The molecule has 21 heavy (non-hydrogen) atoms. The summed E-state index contributed by atoms with van der Waals surface area (Å²) in [4.78, 5) is 0. The first-order chi connectivity index (χ1) is 10.2. The van der Waals surface area contributed by atoms with Crippen molar-refractivity contribution in [2.75, 3.05) is 18.5 Å². The number of rotatable bonds is 4. The quantitative estimate of drug-likeness (QED) is 0.908. The summed E-state index contributed by atoms with van der Waals surface area (Å²) >= 11 is 0. The van der Waals surface area contributed by atoms with Gasteiger partial charge in [0.15, 0.2) is 0 Å². The lowest BCUT2D eigenvalue weighted by atomic mass is 9.98. The molecule has 1 aromatic carbocycles. The number of aromatic nitrogens is 2. The summed E-state index contributed by atoms with van der Waals surface area (Å²) in [6.07, 6.45) is 4.65. The molecule has 2 N–H and O–H groups in total. The van der Waals surface area contributed by atoms with E-state index in [1.807, 2.05) is 6.20 Å². The lowest BCUT2D eigenvalue weighted by molar-refractivity contribution is 0.288. The second-order valence-corrected chi connectivity index (χ2v) is 5.87. The molecule has 0 radical (unpaired) electrons. The molecule has 1 aliphatic rings. The van der Waals surface area contributed by atoms with Crippen LogP contribution in [0.5, 0.6) is 0 Å². The molecule has 3 rings (SSSR count). The summed E-state index contributed by atoms with van der Waals surface area (Å²) in [6, 6.07) is 7.01. The fourth-order valence-electron chi connectivity index (χ4n) is 3.01. The standard InChI is InChI=1S/C17H23N3O/c1-12-5-6-14(10-13(12)2)16-7-8-18-17-15(4-3-9-21)11-19-20(16)17/h5-6,10-11,16,18,21H,3-4,7-9H2,1-2H3. The van der Waals surface area contributed by atoms with E-state index < -0.39 is 0 Å². The molecule has 112 valence electrons. The third-order valence-corrected chi connectivity index (χ3v) is 4.40. The minimum absolute atomic E-state index is 0.227. The highest BCUT2D eigenvalue weighted by Gasteiger charge is 2.24. The molecular formula is C17H23N3O. The summed E-state index contributed by atoms with van der Waals surface area (Å²) in [5.74, 6) is 1.12.